The predicted octanol–water partition coefficient (Wildman–Crippen LogP) is 1.55. The van der Waals surface area contributed by atoms with Crippen LogP contribution in [0.3, 0.4) is 0 Å². The van der Waals surface area contributed by atoms with Gasteiger partial charge in [-0.25, -0.2) is 24.5 Å². The first-order valence-electron chi connectivity index (χ1n) is 5.23. The van der Waals surface area contributed by atoms with E-state index in [1.165, 1.54) is 7.05 Å². The highest BCUT2D eigenvalue weighted by atomic mass is 16.6. The molecule has 0 aromatic carbocycles. The minimum Gasteiger partial charge on any atom is -0.478 e. The highest BCUT2D eigenvalue weighted by Crippen LogP contribution is 2.12. The first-order chi connectivity index (χ1) is 8.20. The molecule has 18 heavy (non-hydrogen) atoms. The minimum absolute atomic E-state index is 0.0451. The van der Waals surface area contributed by atoms with E-state index in [2.05, 4.69) is 9.97 Å². The smallest absolute Gasteiger partial charge is 0.416 e. The van der Waals surface area contributed by atoms with Crippen molar-refractivity contribution in [2.75, 3.05) is 11.9 Å². The molecule has 0 fully saturated rings. The van der Waals surface area contributed by atoms with Crippen molar-refractivity contribution in [3.63, 3.8) is 0 Å². The molecule has 7 heteroatoms. The number of amides is 1. The highest BCUT2D eigenvalue weighted by molar-refractivity contribution is 5.88. The van der Waals surface area contributed by atoms with Crippen LogP contribution in [-0.4, -0.2) is 39.8 Å². The molecule has 1 rings (SSSR count). The van der Waals surface area contributed by atoms with Crippen LogP contribution in [-0.2, 0) is 4.74 Å². The van der Waals surface area contributed by atoms with Gasteiger partial charge in [-0.1, -0.05) is 0 Å². The van der Waals surface area contributed by atoms with Gasteiger partial charge in [0.25, 0.3) is 0 Å². The third-order valence-electron chi connectivity index (χ3n) is 1.85. The fourth-order valence-electron chi connectivity index (χ4n) is 1.02. The van der Waals surface area contributed by atoms with E-state index in [0.29, 0.717) is 0 Å². The molecule has 0 spiro atoms. The fraction of sp³-hybridized carbons (Fsp3) is 0.455. The quantitative estimate of drug-likeness (QED) is 0.859. The Labute approximate surface area is 104 Å². The van der Waals surface area contributed by atoms with E-state index in [1.807, 2.05) is 0 Å². The molecule has 0 bridgehead atoms. The van der Waals surface area contributed by atoms with Crippen LogP contribution < -0.4 is 4.90 Å². The minimum atomic E-state index is -1.12. The molecule has 0 aliphatic rings. The van der Waals surface area contributed by atoms with Gasteiger partial charge in [-0.2, -0.15) is 0 Å². The number of carbonyl (C=O) groups is 2. The van der Waals surface area contributed by atoms with Crippen LogP contribution in [0.2, 0.25) is 0 Å². The summed E-state index contributed by atoms with van der Waals surface area (Å²) in [6.07, 6.45) is 1.66. The van der Waals surface area contributed by atoms with Gasteiger partial charge >= 0.3 is 12.1 Å². The van der Waals surface area contributed by atoms with Crippen molar-refractivity contribution in [3.05, 3.63) is 18.0 Å². The van der Waals surface area contributed by atoms with Gasteiger partial charge in [-0.05, 0) is 20.8 Å². The Hall–Kier alpha value is -2.18. The molecule has 1 aromatic rings. The molecular weight excluding hydrogens is 238 g/mol. The normalized spacial score (nSPS) is 10.9. The van der Waals surface area contributed by atoms with E-state index in [-0.39, 0.29) is 11.5 Å². The van der Waals surface area contributed by atoms with E-state index in [0.717, 1.165) is 17.3 Å². The Morgan fingerprint density at radius 2 is 1.78 bits per heavy atom. The van der Waals surface area contributed by atoms with Crippen LogP contribution >= 0.6 is 0 Å². The summed E-state index contributed by atoms with van der Waals surface area (Å²) in [5.74, 6) is -1.05. The van der Waals surface area contributed by atoms with Gasteiger partial charge < -0.3 is 9.84 Å². The number of carboxylic acid groups (broad SMARTS) is 1. The fourth-order valence-corrected chi connectivity index (χ4v) is 1.02. The van der Waals surface area contributed by atoms with Crippen molar-refractivity contribution >= 4 is 18.0 Å². The van der Waals surface area contributed by atoms with Crippen LogP contribution in [0.15, 0.2) is 12.4 Å². The van der Waals surface area contributed by atoms with Gasteiger partial charge in [0.05, 0.1) is 5.56 Å². The Kier molecular flexibility index (Phi) is 3.85. The summed E-state index contributed by atoms with van der Waals surface area (Å²) in [4.78, 5) is 31.0. The number of anilines is 1. The topological polar surface area (TPSA) is 92.6 Å². The summed E-state index contributed by atoms with van der Waals surface area (Å²) < 4.78 is 5.12. The van der Waals surface area contributed by atoms with E-state index in [9.17, 15) is 9.59 Å². The monoisotopic (exact) mass is 253 g/mol. The largest absolute Gasteiger partial charge is 0.478 e. The predicted molar refractivity (Wildman–Crippen MR) is 63.6 cm³/mol. The number of aromatic nitrogens is 2. The van der Waals surface area contributed by atoms with Gasteiger partial charge in [0.1, 0.15) is 5.60 Å². The number of rotatable bonds is 2. The van der Waals surface area contributed by atoms with Crippen molar-refractivity contribution in [1.29, 1.82) is 0 Å². The standard InChI is InChI=1S/C11H15N3O4/c1-11(2,3)18-10(17)14(4)9-12-5-7(6-13-9)8(15)16/h5-6H,1-4H3,(H,15,16). The summed E-state index contributed by atoms with van der Waals surface area (Å²) in [5.41, 5.74) is -0.664. The SMILES string of the molecule is CN(C(=O)OC(C)(C)C)c1ncc(C(=O)O)cn1. The lowest BCUT2D eigenvalue weighted by Crippen LogP contribution is -2.35. The number of ether oxygens (including phenoxy) is 1. The summed E-state index contributed by atoms with van der Waals surface area (Å²) in [7, 11) is 1.45. The lowest BCUT2D eigenvalue weighted by molar-refractivity contribution is 0.0586. The second-order valence-electron chi connectivity index (χ2n) is 4.62. The van der Waals surface area contributed by atoms with Gasteiger partial charge in [0.2, 0.25) is 5.95 Å². The van der Waals surface area contributed by atoms with E-state index >= 15 is 0 Å². The van der Waals surface area contributed by atoms with E-state index in [4.69, 9.17) is 9.84 Å². The molecule has 1 heterocycles. The van der Waals surface area contributed by atoms with Crippen molar-refractivity contribution in [2.24, 2.45) is 0 Å². The average Bonchev–Trinajstić information content (AvgIpc) is 2.26. The Morgan fingerprint density at radius 1 is 1.28 bits per heavy atom. The van der Waals surface area contributed by atoms with Gasteiger partial charge in [0.15, 0.2) is 0 Å². The van der Waals surface area contributed by atoms with Gasteiger partial charge in [0, 0.05) is 19.4 Å². The van der Waals surface area contributed by atoms with Gasteiger partial charge in [-0.15, -0.1) is 0 Å². The van der Waals surface area contributed by atoms with Crippen molar-refractivity contribution in [3.8, 4) is 0 Å². The molecule has 1 amide bonds. The third-order valence-corrected chi connectivity index (χ3v) is 1.85. The number of nitrogens with zero attached hydrogens (tertiary/aromatic N) is 3. The summed E-state index contributed by atoms with van der Waals surface area (Å²) >= 11 is 0. The highest BCUT2D eigenvalue weighted by Gasteiger charge is 2.22. The maximum absolute atomic E-state index is 11.7. The second-order valence-corrected chi connectivity index (χ2v) is 4.62. The summed E-state index contributed by atoms with van der Waals surface area (Å²) in [6.45, 7) is 5.23. The lowest BCUT2D eigenvalue weighted by atomic mass is 10.2. The first kappa shape index (κ1) is 13.9. The summed E-state index contributed by atoms with van der Waals surface area (Å²) in [6, 6.07) is 0. The zero-order valence-electron chi connectivity index (χ0n) is 10.7. The zero-order chi connectivity index (χ0) is 13.9. The molecule has 0 radical (unpaired) electrons. The third kappa shape index (κ3) is 3.69. The van der Waals surface area contributed by atoms with Crippen molar-refractivity contribution in [2.45, 2.75) is 26.4 Å². The lowest BCUT2D eigenvalue weighted by Gasteiger charge is -2.23. The Bertz CT molecular complexity index is 450. The van der Waals surface area contributed by atoms with Crippen LogP contribution in [0.5, 0.6) is 0 Å². The molecule has 1 N–H and O–H groups in total. The van der Waals surface area contributed by atoms with Crippen molar-refractivity contribution in [1.82, 2.24) is 9.97 Å². The number of carbonyl (C=O) groups excluding carboxylic acids is 1. The second kappa shape index (κ2) is 4.99. The van der Waals surface area contributed by atoms with Crippen LogP contribution in [0, 0.1) is 0 Å². The van der Waals surface area contributed by atoms with Gasteiger partial charge in [-0.3, -0.25) is 0 Å². The summed E-state index contributed by atoms with van der Waals surface area (Å²) in [5, 5.41) is 8.69. The average molecular weight is 253 g/mol. The van der Waals surface area contributed by atoms with Crippen LogP contribution in [0.1, 0.15) is 31.1 Å². The molecular formula is C11H15N3O4. The molecule has 0 aliphatic heterocycles. The number of hydrogen-bond acceptors (Lipinski definition) is 5. The molecule has 7 nitrogen and oxygen atoms in total. The maximum Gasteiger partial charge on any atom is 0.416 e. The van der Waals surface area contributed by atoms with Crippen molar-refractivity contribution < 1.29 is 19.4 Å². The van der Waals surface area contributed by atoms with E-state index < -0.39 is 17.7 Å². The molecule has 0 unspecified atom stereocenters. The maximum atomic E-state index is 11.7. The number of carboxylic acids is 1. The Morgan fingerprint density at radius 3 is 2.17 bits per heavy atom. The molecule has 0 saturated carbocycles. The molecule has 1 aromatic heterocycles. The number of hydrogen-bond donors (Lipinski definition) is 1. The molecule has 98 valence electrons. The van der Waals surface area contributed by atoms with Crippen LogP contribution in [0.4, 0.5) is 10.7 Å². The van der Waals surface area contributed by atoms with E-state index in [1.54, 1.807) is 20.8 Å². The molecule has 0 saturated heterocycles. The first-order valence-corrected chi connectivity index (χ1v) is 5.23. The van der Waals surface area contributed by atoms with Crippen LogP contribution in [0.25, 0.3) is 0 Å². The molecule has 0 aliphatic carbocycles. The zero-order valence-corrected chi connectivity index (χ0v) is 10.7. The number of aromatic carboxylic acids is 1. The molecule has 0 atom stereocenters. The Balaban J connectivity index is 2.81.